The van der Waals surface area contributed by atoms with Crippen LogP contribution in [0.5, 0.6) is 0 Å². The van der Waals surface area contributed by atoms with Crippen molar-refractivity contribution in [3.05, 3.63) is 72.2 Å². The molecule has 0 bridgehead atoms. The van der Waals surface area contributed by atoms with Crippen LogP contribution in [0, 0.1) is 0 Å². The van der Waals surface area contributed by atoms with Crippen molar-refractivity contribution in [3.8, 4) is 17.1 Å². The monoisotopic (exact) mass is 398 g/mol. The van der Waals surface area contributed by atoms with Crippen molar-refractivity contribution in [2.45, 2.75) is 24.8 Å². The van der Waals surface area contributed by atoms with E-state index in [1.807, 2.05) is 47.0 Å². The predicted octanol–water partition coefficient (Wildman–Crippen LogP) is 3.18. The molecule has 2 aromatic carbocycles. The summed E-state index contributed by atoms with van der Waals surface area (Å²) in [4.78, 5) is 25.6. The van der Waals surface area contributed by atoms with Gasteiger partial charge in [-0.3, -0.25) is 9.36 Å². The molecule has 1 fully saturated rings. The van der Waals surface area contributed by atoms with E-state index in [-0.39, 0.29) is 17.3 Å². The van der Waals surface area contributed by atoms with Gasteiger partial charge in [0.1, 0.15) is 11.3 Å². The molecular weight excluding hydrogens is 376 g/mol. The highest BCUT2D eigenvalue weighted by Crippen LogP contribution is 2.39. The van der Waals surface area contributed by atoms with Crippen LogP contribution in [0.15, 0.2) is 60.8 Å². The fourth-order valence-corrected chi connectivity index (χ4v) is 3.91. The van der Waals surface area contributed by atoms with Gasteiger partial charge in [-0.15, -0.1) is 0 Å². The zero-order chi connectivity index (χ0) is 20.7. The summed E-state index contributed by atoms with van der Waals surface area (Å²) in [5, 5.41) is 2.57. The number of carbonyl (C=O) groups excluding carboxylic acids is 1. The smallest absolute Gasteiger partial charge is 0.288 e. The van der Waals surface area contributed by atoms with Crippen molar-refractivity contribution in [2.24, 2.45) is 5.73 Å². The maximum absolute atomic E-state index is 12.1. The minimum absolute atomic E-state index is 0.109. The van der Waals surface area contributed by atoms with Gasteiger partial charge < -0.3 is 11.1 Å². The Morgan fingerprint density at radius 2 is 1.80 bits per heavy atom. The number of nitrogens with zero attached hydrogens (tertiary/aromatic N) is 4. The van der Waals surface area contributed by atoms with Crippen LogP contribution < -0.4 is 11.1 Å². The third-order valence-corrected chi connectivity index (χ3v) is 5.81. The summed E-state index contributed by atoms with van der Waals surface area (Å²) in [7, 11) is 1.56. The lowest BCUT2D eigenvalue weighted by molar-refractivity contribution is 0.0953. The molecule has 3 N–H and O–H groups in total. The fourth-order valence-electron chi connectivity index (χ4n) is 3.91. The molecule has 1 aliphatic rings. The number of hydrogen-bond acceptors (Lipinski definition) is 5. The van der Waals surface area contributed by atoms with Crippen LogP contribution in [0.25, 0.3) is 28.2 Å². The van der Waals surface area contributed by atoms with Gasteiger partial charge in [0.25, 0.3) is 5.91 Å². The highest BCUT2D eigenvalue weighted by Gasteiger charge is 2.34. The van der Waals surface area contributed by atoms with E-state index >= 15 is 0 Å². The van der Waals surface area contributed by atoms with E-state index in [9.17, 15) is 4.79 Å². The number of rotatable bonds is 4. The van der Waals surface area contributed by atoms with Gasteiger partial charge in [-0.25, -0.2) is 15.0 Å². The summed E-state index contributed by atoms with van der Waals surface area (Å²) in [6.45, 7) is 0. The lowest BCUT2D eigenvalue weighted by Crippen LogP contribution is -2.43. The molecule has 0 saturated heterocycles. The quantitative estimate of drug-likeness (QED) is 0.550. The summed E-state index contributed by atoms with van der Waals surface area (Å²) < 4.78 is 1.96. The Morgan fingerprint density at radius 1 is 1.07 bits per heavy atom. The number of nitrogens with two attached hydrogens (primary N) is 1. The zero-order valence-electron chi connectivity index (χ0n) is 16.7. The molecule has 1 amide bonds. The van der Waals surface area contributed by atoms with Crippen molar-refractivity contribution < 1.29 is 4.79 Å². The Bertz CT molecular complexity index is 1230. The number of aromatic nitrogens is 4. The highest BCUT2D eigenvalue weighted by molar-refractivity contribution is 5.92. The van der Waals surface area contributed by atoms with Gasteiger partial charge in [0, 0.05) is 23.8 Å². The molecule has 2 aromatic heterocycles. The average Bonchev–Trinajstić information content (AvgIpc) is 3.16. The average molecular weight is 398 g/mol. The van der Waals surface area contributed by atoms with E-state index in [0.29, 0.717) is 11.2 Å². The van der Waals surface area contributed by atoms with Crippen LogP contribution in [0.2, 0.25) is 0 Å². The van der Waals surface area contributed by atoms with E-state index in [0.717, 1.165) is 35.5 Å². The minimum Gasteiger partial charge on any atom is -0.352 e. The summed E-state index contributed by atoms with van der Waals surface area (Å²) in [5.41, 5.74) is 10.5. The number of amides is 1. The van der Waals surface area contributed by atoms with Gasteiger partial charge in [-0.1, -0.05) is 42.5 Å². The Balaban J connectivity index is 1.70. The number of benzene rings is 2. The maximum atomic E-state index is 12.1. The summed E-state index contributed by atoms with van der Waals surface area (Å²) in [6, 6.07) is 18.1. The highest BCUT2D eigenvalue weighted by atomic mass is 16.2. The normalized spacial score (nSPS) is 15.0. The second-order valence-electron chi connectivity index (χ2n) is 7.67. The Kier molecular flexibility index (Phi) is 4.33. The Morgan fingerprint density at radius 3 is 2.43 bits per heavy atom. The van der Waals surface area contributed by atoms with Crippen LogP contribution >= 0.6 is 0 Å². The number of carbonyl (C=O) groups is 1. The molecule has 1 saturated carbocycles. The van der Waals surface area contributed by atoms with Gasteiger partial charge in [0.15, 0.2) is 5.65 Å². The van der Waals surface area contributed by atoms with E-state index in [2.05, 4.69) is 27.4 Å². The number of fused-ring (bicyclic) bond motifs is 1. The second kappa shape index (κ2) is 7.03. The SMILES string of the molecule is CNC(=O)c1ncc2nc(-c3ccccc3)n(-c3ccc(C4(N)CCC4)cc3)c2n1. The summed E-state index contributed by atoms with van der Waals surface area (Å²) >= 11 is 0. The van der Waals surface area contributed by atoms with Crippen LogP contribution in [0.3, 0.4) is 0 Å². The molecule has 0 unspecified atom stereocenters. The number of imidazole rings is 1. The van der Waals surface area contributed by atoms with Crippen molar-refractivity contribution in [3.63, 3.8) is 0 Å². The molecule has 0 spiro atoms. The number of hydrogen-bond donors (Lipinski definition) is 2. The zero-order valence-corrected chi connectivity index (χ0v) is 16.7. The third kappa shape index (κ3) is 2.95. The molecule has 7 heteroatoms. The second-order valence-corrected chi connectivity index (χ2v) is 7.67. The van der Waals surface area contributed by atoms with Crippen molar-refractivity contribution in [2.75, 3.05) is 7.05 Å². The van der Waals surface area contributed by atoms with E-state index < -0.39 is 0 Å². The fraction of sp³-hybridized carbons (Fsp3) is 0.217. The Labute approximate surface area is 174 Å². The Hall–Kier alpha value is -3.58. The molecule has 0 radical (unpaired) electrons. The van der Waals surface area contributed by atoms with Gasteiger partial charge >= 0.3 is 0 Å². The molecule has 2 heterocycles. The minimum atomic E-state index is -0.337. The summed E-state index contributed by atoms with van der Waals surface area (Å²) in [6.07, 6.45) is 4.78. The molecule has 0 atom stereocenters. The third-order valence-electron chi connectivity index (χ3n) is 5.81. The van der Waals surface area contributed by atoms with E-state index in [1.54, 1.807) is 13.2 Å². The molecule has 1 aliphatic carbocycles. The first-order valence-electron chi connectivity index (χ1n) is 10.0. The van der Waals surface area contributed by atoms with Gasteiger partial charge in [-0.05, 0) is 37.0 Å². The van der Waals surface area contributed by atoms with Crippen molar-refractivity contribution in [1.82, 2.24) is 24.8 Å². The first-order chi connectivity index (χ1) is 14.6. The van der Waals surface area contributed by atoms with Crippen LogP contribution in [0.4, 0.5) is 0 Å². The topological polar surface area (TPSA) is 98.7 Å². The summed E-state index contributed by atoms with van der Waals surface area (Å²) in [5.74, 6) is 0.516. The molecular formula is C23H22N6O. The van der Waals surface area contributed by atoms with Crippen molar-refractivity contribution in [1.29, 1.82) is 0 Å². The van der Waals surface area contributed by atoms with Crippen molar-refractivity contribution >= 4 is 17.1 Å². The van der Waals surface area contributed by atoms with E-state index in [4.69, 9.17) is 10.7 Å². The van der Waals surface area contributed by atoms with Gasteiger partial charge in [0.2, 0.25) is 5.82 Å². The van der Waals surface area contributed by atoms with Gasteiger partial charge in [-0.2, -0.15) is 0 Å². The van der Waals surface area contributed by atoms with E-state index in [1.165, 1.54) is 6.42 Å². The molecule has 4 aromatic rings. The first kappa shape index (κ1) is 18.4. The molecule has 30 heavy (non-hydrogen) atoms. The van der Waals surface area contributed by atoms with Gasteiger partial charge in [0.05, 0.1) is 6.20 Å². The maximum Gasteiger partial charge on any atom is 0.288 e. The predicted molar refractivity (Wildman–Crippen MR) is 115 cm³/mol. The van der Waals surface area contributed by atoms with Crippen LogP contribution in [-0.4, -0.2) is 32.5 Å². The lowest BCUT2D eigenvalue weighted by Gasteiger charge is -2.38. The first-order valence-corrected chi connectivity index (χ1v) is 10.0. The van der Waals surface area contributed by atoms with Crippen LogP contribution in [0.1, 0.15) is 35.4 Å². The molecule has 150 valence electrons. The molecule has 0 aliphatic heterocycles. The molecule has 7 nitrogen and oxygen atoms in total. The standard InChI is InChI=1S/C23H22N6O/c1-25-22(30)19-26-14-18-21(28-19)29(20(27-18)15-6-3-2-4-7-15)17-10-8-16(9-11-17)23(24)12-5-13-23/h2-4,6-11,14H,5,12-13,24H2,1H3,(H,25,30). The lowest BCUT2D eigenvalue weighted by atomic mass is 9.73. The van der Waals surface area contributed by atoms with Crippen LogP contribution in [-0.2, 0) is 5.54 Å². The largest absolute Gasteiger partial charge is 0.352 e. The number of nitrogens with one attached hydrogen (secondary N) is 1. The molecule has 5 rings (SSSR count).